The van der Waals surface area contributed by atoms with Crippen molar-refractivity contribution in [3.63, 3.8) is 0 Å². The number of hydrogen-bond acceptors (Lipinski definition) is 8. The van der Waals surface area contributed by atoms with E-state index in [0.717, 1.165) is 11.0 Å². The molecular weight excluding hydrogens is 609 g/mol. The molecule has 2 amide bonds. The highest BCUT2D eigenvalue weighted by Gasteiger charge is 2.36. The van der Waals surface area contributed by atoms with Crippen molar-refractivity contribution in [2.24, 2.45) is 0 Å². The maximum Gasteiger partial charge on any atom is 0.339 e. The molecule has 0 aliphatic carbocycles. The van der Waals surface area contributed by atoms with Gasteiger partial charge in [0, 0.05) is 22.6 Å². The van der Waals surface area contributed by atoms with E-state index in [9.17, 15) is 29.3 Å². The zero-order chi connectivity index (χ0) is 31.1. The molecule has 4 aromatic carbocycles. The number of anilines is 1. The molecule has 0 saturated heterocycles. The van der Waals surface area contributed by atoms with E-state index in [1.54, 1.807) is 66.7 Å². The molecule has 0 fully saturated rings. The Morgan fingerprint density at radius 2 is 1.52 bits per heavy atom. The van der Waals surface area contributed by atoms with Crippen molar-refractivity contribution in [2.45, 2.75) is 0 Å². The third kappa shape index (κ3) is 5.06. The smallest absolute Gasteiger partial charge is 0.339 e. The van der Waals surface area contributed by atoms with E-state index < -0.39 is 40.8 Å². The predicted molar refractivity (Wildman–Crippen MR) is 162 cm³/mol. The van der Waals surface area contributed by atoms with Gasteiger partial charge in [0.2, 0.25) is 5.78 Å². The summed E-state index contributed by atoms with van der Waals surface area (Å²) in [6.07, 6.45) is 0. The van der Waals surface area contributed by atoms with Crippen LogP contribution in [0.4, 0.5) is 11.4 Å². The lowest BCUT2D eigenvalue weighted by molar-refractivity contribution is -0.384. The van der Waals surface area contributed by atoms with E-state index in [0.29, 0.717) is 39.0 Å². The van der Waals surface area contributed by atoms with Gasteiger partial charge in [0.1, 0.15) is 5.02 Å². The van der Waals surface area contributed by atoms with Gasteiger partial charge in [0.25, 0.3) is 17.5 Å². The molecule has 12 heteroatoms. The lowest BCUT2D eigenvalue weighted by atomic mass is 10.0. The third-order valence-corrected chi connectivity index (χ3v) is 7.65. The minimum Gasteiger partial charge on any atom is -0.454 e. The number of Topliss-reactive ketones (excluding diaryl/α,β-unsaturated/α-hetero) is 1. The summed E-state index contributed by atoms with van der Waals surface area (Å²) in [5.41, 5.74) is 1.78. The van der Waals surface area contributed by atoms with E-state index in [2.05, 4.69) is 4.98 Å². The van der Waals surface area contributed by atoms with Crippen molar-refractivity contribution < 1.29 is 28.8 Å². The molecule has 0 atom stereocenters. The van der Waals surface area contributed by atoms with Crippen LogP contribution < -0.4 is 4.90 Å². The van der Waals surface area contributed by atoms with E-state index >= 15 is 0 Å². The number of para-hydroxylation sites is 1. The number of ether oxygens (including phenoxy) is 1. The molecule has 44 heavy (non-hydrogen) atoms. The number of esters is 1. The highest BCUT2D eigenvalue weighted by atomic mass is 35.5. The van der Waals surface area contributed by atoms with Gasteiger partial charge in [-0.25, -0.2) is 14.7 Å². The second-order valence-corrected chi connectivity index (χ2v) is 10.5. The molecule has 216 valence electrons. The molecule has 0 saturated carbocycles. The molecule has 10 nitrogen and oxygen atoms in total. The summed E-state index contributed by atoms with van der Waals surface area (Å²) in [6.45, 7) is -0.688. The van der Waals surface area contributed by atoms with Crippen LogP contribution in [-0.4, -0.2) is 40.1 Å². The zero-order valence-corrected chi connectivity index (χ0v) is 23.8. The fourth-order valence-corrected chi connectivity index (χ4v) is 5.26. The number of nitro benzene ring substituents is 1. The average Bonchev–Trinajstić information content (AvgIpc) is 3.28. The van der Waals surface area contributed by atoms with Crippen molar-refractivity contribution in [2.75, 3.05) is 11.5 Å². The monoisotopic (exact) mass is 625 g/mol. The summed E-state index contributed by atoms with van der Waals surface area (Å²) in [7, 11) is 0. The van der Waals surface area contributed by atoms with Crippen LogP contribution in [0.1, 0.15) is 41.4 Å². The quantitative estimate of drug-likeness (QED) is 0.0622. The maximum atomic E-state index is 13.3. The largest absolute Gasteiger partial charge is 0.454 e. The van der Waals surface area contributed by atoms with Crippen molar-refractivity contribution >= 4 is 69.0 Å². The van der Waals surface area contributed by atoms with Gasteiger partial charge in [-0.2, -0.15) is 0 Å². The summed E-state index contributed by atoms with van der Waals surface area (Å²) >= 11 is 12.2. The molecular formula is C32H17Cl2N3O7. The standard InChI is InChI=1S/C32H17Cl2N3O7/c33-24-13-10-18(14-27(24)37(42)43)28(38)16-44-32(41)23-15-26(35-29-20(23)6-3-7-25(29)34)17-8-11-19(12-9-17)36-30(39)21-4-1-2-5-22(21)31(36)40/h1-15H,16H2. The number of fused-ring (bicyclic) bond motifs is 2. The van der Waals surface area contributed by atoms with Crippen LogP contribution in [0.3, 0.4) is 0 Å². The Morgan fingerprint density at radius 1 is 0.841 bits per heavy atom. The lowest BCUT2D eigenvalue weighted by Gasteiger charge is -2.15. The Bertz CT molecular complexity index is 2030. The van der Waals surface area contributed by atoms with Gasteiger partial charge < -0.3 is 4.74 Å². The first-order valence-corrected chi connectivity index (χ1v) is 13.7. The summed E-state index contributed by atoms with van der Waals surface area (Å²) in [4.78, 5) is 67.9. The van der Waals surface area contributed by atoms with Gasteiger partial charge in [-0.05, 0) is 48.5 Å². The molecule has 0 radical (unpaired) electrons. The van der Waals surface area contributed by atoms with E-state index in [1.807, 2.05) is 0 Å². The van der Waals surface area contributed by atoms with E-state index in [1.165, 1.54) is 18.2 Å². The SMILES string of the molecule is O=C(COC(=O)c1cc(-c2ccc(N3C(=O)c4ccccc4C3=O)cc2)nc2c(Cl)cccc12)c1ccc(Cl)c([N+](=O)[O-])c1. The van der Waals surface area contributed by atoms with E-state index in [-0.39, 0.29) is 21.2 Å². The van der Waals surface area contributed by atoms with Gasteiger partial charge in [0.15, 0.2) is 6.61 Å². The number of nitro groups is 1. The number of carbonyl (C=O) groups is 4. The Balaban J connectivity index is 1.29. The van der Waals surface area contributed by atoms with Gasteiger partial charge in [-0.1, -0.05) is 59.6 Å². The second kappa shape index (κ2) is 11.3. The average molecular weight is 626 g/mol. The van der Waals surface area contributed by atoms with Crippen LogP contribution in [0, 0.1) is 10.1 Å². The van der Waals surface area contributed by atoms with Crippen LogP contribution in [0.5, 0.6) is 0 Å². The normalized spacial score (nSPS) is 12.4. The highest BCUT2D eigenvalue weighted by molar-refractivity contribution is 6.36. The summed E-state index contributed by atoms with van der Waals surface area (Å²) in [5, 5.41) is 11.7. The van der Waals surface area contributed by atoms with Crippen LogP contribution >= 0.6 is 23.2 Å². The topological polar surface area (TPSA) is 137 Å². The molecule has 0 N–H and O–H groups in total. The zero-order valence-electron chi connectivity index (χ0n) is 22.3. The molecule has 0 spiro atoms. The van der Waals surface area contributed by atoms with Crippen LogP contribution in [0.25, 0.3) is 22.2 Å². The fraction of sp³-hybridized carbons (Fsp3) is 0.0312. The first-order chi connectivity index (χ1) is 21.1. The third-order valence-electron chi connectivity index (χ3n) is 7.02. The number of hydrogen-bond donors (Lipinski definition) is 0. The Hall–Kier alpha value is -5.45. The van der Waals surface area contributed by atoms with Crippen molar-refractivity contribution in [1.82, 2.24) is 4.98 Å². The number of rotatable bonds is 7. The molecule has 1 aliphatic heterocycles. The Morgan fingerprint density at radius 3 is 2.18 bits per heavy atom. The first kappa shape index (κ1) is 28.7. The van der Waals surface area contributed by atoms with Crippen molar-refractivity contribution in [3.8, 4) is 11.3 Å². The van der Waals surface area contributed by atoms with E-state index in [4.69, 9.17) is 27.9 Å². The Labute approximate surface area is 258 Å². The number of benzene rings is 4. The fourth-order valence-electron chi connectivity index (χ4n) is 4.85. The second-order valence-electron chi connectivity index (χ2n) is 9.65. The molecule has 5 aromatic rings. The molecule has 6 rings (SSSR count). The summed E-state index contributed by atoms with van der Waals surface area (Å²) in [6, 6.07) is 23.0. The first-order valence-electron chi connectivity index (χ1n) is 13.0. The minimum atomic E-state index is -0.847. The number of nitrogens with zero attached hydrogens (tertiary/aromatic N) is 3. The van der Waals surface area contributed by atoms with Crippen molar-refractivity contribution in [3.05, 3.63) is 133 Å². The summed E-state index contributed by atoms with van der Waals surface area (Å²) < 4.78 is 5.31. The number of halogens is 2. The van der Waals surface area contributed by atoms with Gasteiger partial charge in [0.05, 0.1) is 43.5 Å². The summed E-state index contributed by atoms with van der Waals surface area (Å²) in [5.74, 6) is -2.37. The van der Waals surface area contributed by atoms with Crippen LogP contribution in [0.2, 0.25) is 10.0 Å². The molecule has 2 heterocycles. The molecule has 0 bridgehead atoms. The predicted octanol–water partition coefficient (Wildman–Crippen LogP) is 6.96. The lowest BCUT2D eigenvalue weighted by Crippen LogP contribution is -2.29. The number of imide groups is 1. The van der Waals surface area contributed by atoms with Crippen molar-refractivity contribution in [1.29, 1.82) is 0 Å². The molecule has 1 aromatic heterocycles. The van der Waals surface area contributed by atoms with Gasteiger partial charge in [-0.3, -0.25) is 24.5 Å². The minimum absolute atomic E-state index is 0.0460. The maximum absolute atomic E-state index is 13.3. The van der Waals surface area contributed by atoms with Gasteiger partial charge in [-0.15, -0.1) is 0 Å². The van der Waals surface area contributed by atoms with Crippen LogP contribution in [0.15, 0.2) is 91.0 Å². The van der Waals surface area contributed by atoms with Gasteiger partial charge >= 0.3 is 5.97 Å². The highest BCUT2D eigenvalue weighted by Crippen LogP contribution is 2.33. The number of amides is 2. The number of pyridine rings is 1. The molecule has 0 unspecified atom stereocenters. The molecule has 1 aliphatic rings. The number of carbonyl (C=O) groups excluding carboxylic acids is 4. The Kier molecular flexibility index (Phi) is 7.38. The number of ketones is 1. The van der Waals surface area contributed by atoms with Crippen LogP contribution in [-0.2, 0) is 4.74 Å². The number of aromatic nitrogens is 1.